The normalized spacial score (nSPS) is 11.5. The zero-order valence-corrected chi connectivity index (χ0v) is 12.4. The molecule has 0 radical (unpaired) electrons. The fourth-order valence-corrected chi connectivity index (χ4v) is 2.82. The van der Waals surface area contributed by atoms with Gasteiger partial charge in [0.2, 0.25) is 0 Å². The van der Waals surface area contributed by atoms with Crippen molar-refractivity contribution >= 4 is 29.1 Å². The lowest BCUT2D eigenvalue weighted by molar-refractivity contribution is -0.140. The van der Waals surface area contributed by atoms with Crippen molar-refractivity contribution in [3.8, 4) is 0 Å². The first kappa shape index (κ1) is 14.5. The molecule has 1 aromatic rings. The van der Waals surface area contributed by atoms with Gasteiger partial charge in [0.1, 0.15) is 5.01 Å². The number of carbonyl (C=O) groups is 1. The van der Waals surface area contributed by atoms with Gasteiger partial charge in [-0.2, -0.15) is 0 Å². The predicted octanol–water partition coefficient (Wildman–Crippen LogP) is 3.28. The summed E-state index contributed by atoms with van der Waals surface area (Å²) in [5.41, 5.74) is 0.991. The van der Waals surface area contributed by atoms with Gasteiger partial charge in [-0.25, -0.2) is 4.98 Å². The number of thiazole rings is 1. The Bertz CT molecular complexity index is 369. The Kier molecular flexibility index (Phi) is 5.46. The molecule has 17 heavy (non-hydrogen) atoms. The van der Waals surface area contributed by atoms with E-state index in [2.05, 4.69) is 30.5 Å². The molecule has 0 N–H and O–H groups in total. The third kappa shape index (κ3) is 6.07. The number of nitrogens with zero attached hydrogens (tertiary/aromatic N) is 1. The molecule has 0 aliphatic carbocycles. The van der Waals surface area contributed by atoms with Crippen molar-refractivity contribution in [1.29, 1.82) is 0 Å². The van der Waals surface area contributed by atoms with Gasteiger partial charge in [0.25, 0.3) is 0 Å². The molecule has 0 atom stereocenters. The molecule has 3 nitrogen and oxygen atoms in total. The SMILES string of the molecule is COC(=O)CCc1csc(CSC(C)(C)C)n1. The van der Waals surface area contributed by atoms with Crippen molar-refractivity contribution in [2.24, 2.45) is 0 Å². The lowest BCUT2D eigenvalue weighted by Crippen LogP contribution is -2.07. The second kappa shape index (κ2) is 6.40. The third-order valence-electron chi connectivity index (χ3n) is 2.04. The highest BCUT2D eigenvalue weighted by Gasteiger charge is 2.12. The van der Waals surface area contributed by atoms with Crippen molar-refractivity contribution in [1.82, 2.24) is 4.98 Å². The minimum atomic E-state index is -0.177. The van der Waals surface area contributed by atoms with Crippen molar-refractivity contribution in [3.63, 3.8) is 0 Å². The summed E-state index contributed by atoms with van der Waals surface area (Å²) >= 11 is 3.55. The maximum atomic E-state index is 11.0. The molecule has 0 spiro atoms. The molecular weight excluding hydrogens is 254 g/mol. The monoisotopic (exact) mass is 273 g/mol. The van der Waals surface area contributed by atoms with Gasteiger partial charge in [-0.05, 0) is 0 Å². The maximum absolute atomic E-state index is 11.0. The van der Waals surface area contributed by atoms with E-state index >= 15 is 0 Å². The second-order valence-corrected chi connectivity index (χ2v) is 7.45. The Morgan fingerprint density at radius 3 is 2.82 bits per heavy atom. The molecule has 1 heterocycles. The van der Waals surface area contributed by atoms with E-state index in [4.69, 9.17) is 0 Å². The first-order valence-electron chi connectivity index (χ1n) is 5.55. The number of hydrogen-bond acceptors (Lipinski definition) is 5. The van der Waals surface area contributed by atoms with Crippen LogP contribution >= 0.6 is 23.1 Å². The topological polar surface area (TPSA) is 39.2 Å². The number of methoxy groups -OCH3 is 1. The minimum absolute atomic E-state index is 0.177. The molecule has 1 rings (SSSR count). The van der Waals surface area contributed by atoms with Gasteiger partial charge < -0.3 is 4.74 Å². The van der Waals surface area contributed by atoms with Crippen LogP contribution in [0.5, 0.6) is 0 Å². The van der Waals surface area contributed by atoms with E-state index in [0.29, 0.717) is 12.8 Å². The van der Waals surface area contributed by atoms with Crippen LogP contribution in [0.1, 0.15) is 37.9 Å². The average Bonchev–Trinajstić information content (AvgIpc) is 2.70. The van der Waals surface area contributed by atoms with Crippen LogP contribution in [0, 0.1) is 0 Å². The summed E-state index contributed by atoms with van der Waals surface area (Å²) < 4.78 is 4.87. The highest BCUT2D eigenvalue weighted by Crippen LogP contribution is 2.28. The van der Waals surface area contributed by atoms with Gasteiger partial charge in [-0.3, -0.25) is 4.79 Å². The van der Waals surface area contributed by atoms with Gasteiger partial charge >= 0.3 is 5.97 Å². The van der Waals surface area contributed by atoms with Gasteiger partial charge in [-0.15, -0.1) is 23.1 Å². The number of ether oxygens (including phenoxy) is 1. The van der Waals surface area contributed by atoms with Crippen LogP contribution in [0.3, 0.4) is 0 Å². The molecule has 0 fully saturated rings. The Hall–Kier alpha value is -0.550. The van der Waals surface area contributed by atoms with Gasteiger partial charge in [0.15, 0.2) is 0 Å². The first-order valence-corrected chi connectivity index (χ1v) is 7.41. The average molecular weight is 273 g/mol. The molecule has 0 saturated carbocycles. The van der Waals surface area contributed by atoms with Crippen molar-refractivity contribution in [3.05, 3.63) is 16.1 Å². The highest BCUT2D eigenvalue weighted by atomic mass is 32.2. The van der Waals surface area contributed by atoms with Gasteiger partial charge in [-0.1, -0.05) is 20.8 Å². The molecule has 96 valence electrons. The van der Waals surface area contributed by atoms with Gasteiger partial charge in [0.05, 0.1) is 19.2 Å². The van der Waals surface area contributed by atoms with Crippen molar-refractivity contribution in [2.75, 3.05) is 7.11 Å². The highest BCUT2D eigenvalue weighted by molar-refractivity contribution is 7.99. The van der Waals surface area contributed by atoms with Crippen LogP contribution in [-0.2, 0) is 21.7 Å². The number of aryl methyl sites for hydroxylation is 1. The van der Waals surface area contributed by atoms with E-state index in [1.54, 1.807) is 11.3 Å². The van der Waals surface area contributed by atoms with E-state index in [1.807, 2.05) is 17.1 Å². The van der Waals surface area contributed by atoms with Crippen LogP contribution in [0.4, 0.5) is 0 Å². The molecule has 5 heteroatoms. The third-order valence-corrected chi connectivity index (χ3v) is 4.41. The molecule has 0 unspecified atom stereocenters. The number of carbonyl (C=O) groups excluding carboxylic acids is 1. The van der Waals surface area contributed by atoms with E-state index in [1.165, 1.54) is 7.11 Å². The minimum Gasteiger partial charge on any atom is -0.469 e. The molecule has 0 aliphatic rings. The Balaban J connectivity index is 2.40. The fraction of sp³-hybridized carbons (Fsp3) is 0.667. The summed E-state index contributed by atoms with van der Waals surface area (Å²) in [6, 6.07) is 0. The summed E-state index contributed by atoms with van der Waals surface area (Å²) in [4.78, 5) is 15.5. The number of esters is 1. The largest absolute Gasteiger partial charge is 0.469 e. The van der Waals surface area contributed by atoms with Crippen LogP contribution in [0.2, 0.25) is 0 Å². The predicted molar refractivity (Wildman–Crippen MR) is 73.5 cm³/mol. The van der Waals surface area contributed by atoms with Crippen LogP contribution in [0.25, 0.3) is 0 Å². The Labute approximate surface area is 111 Å². The van der Waals surface area contributed by atoms with E-state index in [0.717, 1.165) is 16.5 Å². The van der Waals surface area contributed by atoms with E-state index < -0.39 is 0 Å². The summed E-state index contributed by atoms with van der Waals surface area (Å²) in [5, 5.41) is 3.16. The molecule has 0 saturated heterocycles. The lowest BCUT2D eigenvalue weighted by atomic mass is 10.2. The number of rotatable bonds is 5. The first-order chi connectivity index (χ1) is 7.90. The molecule has 0 aliphatic heterocycles. The Morgan fingerprint density at radius 1 is 1.53 bits per heavy atom. The van der Waals surface area contributed by atoms with E-state index in [9.17, 15) is 4.79 Å². The molecule has 0 amide bonds. The standard InChI is InChI=1S/C12H19NO2S2/c1-12(2,3)17-8-10-13-9(7-16-10)5-6-11(14)15-4/h7H,5-6,8H2,1-4H3. The summed E-state index contributed by atoms with van der Waals surface area (Å²) in [6.07, 6.45) is 1.08. The summed E-state index contributed by atoms with van der Waals surface area (Å²) in [5.74, 6) is 0.760. The van der Waals surface area contributed by atoms with Crippen molar-refractivity contribution < 1.29 is 9.53 Å². The summed E-state index contributed by atoms with van der Waals surface area (Å²) in [6.45, 7) is 6.59. The van der Waals surface area contributed by atoms with Crippen LogP contribution in [0.15, 0.2) is 5.38 Å². The van der Waals surface area contributed by atoms with Gasteiger partial charge in [0, 0.05) is 22.3 Å². The Morgan fingerprint density at radius 2 is 2.24 bits per heavy atom. The number of aromatic nitrogens is 1. The number of thioether (sulfide) groups is 1. The molecule has 0 aromatic carbocycles. The van der Waals surface area contributed by atoms with Crippen molar-refractivity contribution in [2.45, 2.75) is 44.1 Å². The summed E-state index contributed by atoms with van der Waals surface area (Å²) in [7, 11) is 1.41. The van der Waals surface area contributed by atoms with Crippen LogP contribution < -0.4 is 0 Å². The smallest absolute Gasteiger partial charge is 0.305 e. The zero-order valence-electron chi connectivity index (χ0n) is 10.8. The zero-order chi connectivity index (χ0) is 12.9. The maximum Gasteiger partial charge on any atom is 0.305 e. The number of hydrogen-bond donors (Lipinski definition) is 0. The second-order valence-electron chi connectivity index (χ2n) is 4.71. The molecule has 1 aromatic heterocycles. The van der Waals surface area contributed by atoms with Crippen LogP contribution in [-0.4, -0.2) is 22.8 Å². The van der Waals surface area contributed by atoms with E-state index in [-0.39, 0.29) is 10.7 Å². The quantitative estimate of drug-likeness (QED) is 0.772. The molecular formula is C12H19NO2S2. The lowest BCUT2D eigenvalue weighted by Gasteiger charge is -2.16. The molecule has 0 bridgehead atoms. The fourth-order valence-electron chi connectivity index (χ4n) is 1.14.